The van der Waals surface area contributed by atoms with E-state index in [0.29, 0.717) is 32.5 Å². The molecule has 2 amide bonds. The third-order valence-electron chi connectivity index (χ3n) is 5.00. The number of imidazole rings is 1. The van der Waals surface area contributed by atoms with Gasteiger partial charge in [-0.15, -0.1) is 0 Å². The maximum Gasteiger partial charge on any atom is 0.227 e. The Hall–Kier alpha value is -2.11. The average molecular weight is 330 g/mol. The first-order valence-corrected chi connectivity index (χ1v) is 8.93. The number of fused-ring (bicyclic) bond motifs is 1. The Labute approximate surface area is 142 Å². The number of aromatic amines is 1. The molecule has 2 aliphatic rings. The van der Waals surface area contributed by atoms with Gasteiger partial charge in [-0.25, -0.2) is 4.98 Å². The lowest BCUT2D eigenvalue weighted by Crippen LogP contribution is -2.46. The van der Waals surface area contributed by atoms with Crippen molar-refractivity contribution >= 4 is 11.8 Å². The molecular weight excluding hydrogens is 304 g/mol. The number of nitrogens with zero attached hydrogens (tertiary/aromatic N) is 2. The maximum absolute atomic E-state index is 13.0. The van der Waals surface area contributed by atoms with Crippen LogP contribution < -0.4 is 5.32 Å². The highest BCUT2D eigenvalue weighted by atomic mass is 16.2. The smallest absolute Gasteiger partial charge is 0.227 e. The lowest BCUT2D eigenvalue weighted by atomic mass is 9.81. The van der Waals surface area contributed by atoms with Crippen molar-refractivity contribution in [2.75, 3.05) is 13.1 Å². The fourth-order valence-electron chi connectivity index (χ4n) is 3.53. The van der Waals surface area contributed by atoms with Crippen LogP contribution in [0.2, 0.25) is 0 Å². The number of hydrogen-bond donors (Lipinski definition) is 2. The Morgan fingerprint density at radius 1 is 1.33 bits per heavy atom. The summed E-state index contributed by atoms with van der Waals surface area (Å²) in [5.41, 5.74) is 2.07. The molecule has 1 aromatic heterocycles. The van der Waals surface area contributed by atoms with Gasteiger partial charge in [-0.1, -0.05) is 25.5 Å². The van der Waals surface area contributed by atoms with Gasteiger partial charge in [0.15, 0.2) is 0 Å². The second-order valence-electron chi connectivity index (χ2n) is 6.64. The quantitative estimate of drug-likeness (QED) is 0.638. The number of carbonyl (C=O) groups excluding carboxylic acids is 2. The summed E-state index contributed by atoms with van der Waals surface area (Å²) in [5.74, 6) is -0.385. The molecule has 0 fully saturated rings. The Kier molecular flexibility index (Phi) is 5.33. The van der Waals surface area contributed by atoms with E-state index in [0.717, 1.165) is 30.7 Å². The van der Waals surface area contributed by atoms with Crippen molar-refractivity contribution in [3.8, 4) is 0 Å². The number of nitrogens with one attached hydrogen (secondary N) is 2. The van der Waals surface area contributed by atoms with E-state index in [-0.39, 0.29) is 23.7 Å². The fraction of sp³-hybridized carbons (Fsp3) is 0.611. The molecule has 0 aromatic carbocycles. The van der Waals surface area contributed by atoms with Crippen LogP contribution in [0.3, 0.4) is 0 Å². The minimum Gasteiger partial charge on any atom is -0.356 e. The first kappa shape index (κ1) is 16.7. The zero-order valence-electron chi connectivity index (χ0n) is 14.3. The molecule has 2 atom stereocenters. The summed E-state index contributed by atoms with van der Waals surface area (Å²) in [6.45, 7) is 4.04. The first-order chi connectivity index (χ1) is 11.7. The van der Waals surface area contributed by atoms with Gasteiger partial charge in [-0.05, 0) is 19.3 Å². The van der Waals surface area contributed by atoms with Crippen molar-refractivity contribution in [1.82, 2.24) is 20.2 Å². The topological polar surface area (TPSA) is 78.1 Å². The molecule has 0 spiro atoms. The van der Waals surface area contributed by atoms with Gasteiger partial charge in [0.05, 0.1) is 36.1 Å². The van der Waals surface area contributed by atoms with Gasteiger partial charge in [0.1, 0.15) is 0 Å². The van der Waals surface area contributed by atoms with E-state index in [1.165, 1.54) is 0 Å². The van der Waals surface area contributed by atoms with Gasteiger partial charge >= 0.3 is 0 Å². The predicted octanol–water partition coefficient (Wildman–Crippen LogP) is 1.79. The molecule has 1 aliphatic carbocycles. The number of aromatic nitrogens is 2. The van der Waals surface area contributed by atoms with Crippen LogP contribution in [0, 0.1) is 11.8 Å². The molecular formula is C18H26N4O2. The Morgan fingerprint density at radius 2 is 2.12 bits per heavy atom. The van der Waals surface area contributed by atoms with Crippen molar-refractivity contribution in [3.63, 3.8) is 0 Å². The molecule has 2 heterocycles. The first-order valence-electron chi connectivity index (χ1n) is 8.93. The Morgan fingerprint density at radius 3 is 2.92 bits per heavy atom. The Bertz CT molecular complexity index is 622. The number of rotatable bonds is 5. The third kappa shape index (κ3) is 3.52. The van der Waals surface area contributed by atoms with Gasteiger partial charge in [0.2, 0.25) is 11.8 Å². The van der Waals surface area contributed by atoms with Gasteiger partial charge < -0.3 is 15.2 Å². The van der Waals surface area contributed by atoms with Crippen molar-refractivity contribution in [1.29, 1.82) is 0 Å². The molecule has 6 heteroatoms. The van der Waals surface area contributed by atoms with Crippen molar-refractivity contribution in [2.45, 2.75) is 45.6 Å². The van der Waals surface area contributed by atoms with Crippen LogP contribution >= 0.6 is 0 Å². The van der Waals surface area contributed by atoms with E-state index < -0.39 is 0 Å². The molecule has 130 valence electrons. The standard InChI is InChI=1S/C18H26N4O2/c1-2-3-9-19-17(23)13-6-4-5-7-14(13)18(24)22-10-8-15-16(11-22)21-12-20-15/h4-5,12-14H,2-3,6-11H2,1H3,(H,19,23)(H,20,21)/t13-,14+/m1/s1. The molecule has 1 aliphatic heterocycles. The number of unbranched alkanes of at least 4 members (excludes halogenated alkanes) is 1. The molecule has 6 nitrogen and oxygen atoms in total. The van der Waals surface area contributed by atoms with Crippen LogP contribution in [0.5, 0.6) is 0 Å². The van der Waals surface area contributed by atoms with Crippen molar-refractivity contribution in [2.24, 2.45) is 11.8 Å². The molecule has 0 bridgehead atoms. The summed E-state index contributed by atoms with van der Waals surface area (Å²) in [6, 6.07) is 0. The zero-order chi connectivity index (χ0) is 16.9. The number of hydrogen-bond acceptors (Lipinski definition) is 3. The van der Waals surface area contributed by atoms with Gasteiger partial charge in [0.25, 0.3) is 0 Å². The number of H-pyrrole nitrogens is 1. The van der Waals surface area contributed by atoms with E-state index in [1.54, 1.807) is 6.33 Å². The van der Waals surface area contributed by atoms with Crippen molar-refractivity contribution < 1.29 is 9.59 Å². The lowest BCUT2D eigenvalue weighted by Gasteiger charge is -2.33. The van der Waals surface area contributed by atoms with Crippen LogP contribution in [0.1, 0.15) is 44.0 Å². The summed E-state index contributed by atoms with van der Waals surface area (Å²) in [4.78, 5) is 34.8. The maximum atomic E-state index is 13.0. The summed E-state index contributed by atoms with van der Waals surface area (Å²) >= 11 is 0. The number of amides is 2. The van der Waals surface area contributed by atoms with E-state index in [4.69, 9.17) is 0 Å². The van der Waals surface area contributed by atoms with Gasteiger partial charge in [-0.2, -0.15) is 0 Å². The van der Waals surface area contributed by atoms with Crippen LogP contribution in [-0.4, -0.2) is 39.8 Å². The average Bonchev–Trinajstić information content (AvgIpc) is 3.09. The minimum atomic E-state index is -0.249. The molecule has 2 N–H and O–H groups in total. The molecule has 0 saturated heterocycles. The van der Waals surface area contributed by atoms with E-state index in [9.17, 15) is 9.59 Å². The highest BCUT2D eigenvalue weighted by molar-refractivity contribution is 5.88. The monoisotopic (exact) mass is 330 g/mol. The van der Waals surface area contributed by atoms with Crippen LogP contribution in [0.25, 0.3) is 0 Å². The third-order valence-corrected chi connectivity index (χ3v) is 5.00. The van der Waals surface area contributed by atoms with E-state index >= 15 is 0 Å². The highest BCUT2D eigenvalue weighted by Gasteiger charge is 2.37. The SMILES string of the molecule is CCCCNC(=O)[C@@H]1CC=CC[C@@H]1C(=O)N1CCc2nc[nH]c2C1. The molecule has 0 unspecified atom stereocenters. The zero-order valence-corrected chi connectivity index (χ0v) is 14.3. The molecule has 3 rings (SSSR count). The molecule has 0 radical (unpaired) electrons. The van der Waals surface area contributed by atoms with Crippen LogP contribution in [-0.2, 0) is 22.6 Å². The van der Waals surface area contributed by atoms with Gasteiger partial charge in [0, 0.05) is 19.5 Å². The fourth-order valence-corrected chi connectivity index (χ4v) is 3.53. The number of carbonyl (C=O) groups is 2. The van der Waals surface area contributed by atoms with E-state index in [2.05, 4.69) is 22.2 Å². The normalized spacial score (nSPS) is 23.0. The highest BCUT2D eigenvalue weighted by Crippen LogP contribution is 2.29. The number of allylic oxidation sites excluding steroid dienone is 2. The lowest BCUT2D eigenvalue weighted by molar-refractivity contribution is -0.143. The largest absolute Gasteiger partial charge is 0.356 e. The predicted molar refractivity (Wildman–Crippen MR) is 91.0 cm³/mol. The molecule has 1 aromatic rings. The van der Waals surface area contributed by atoms with Crippen LogP contribution in [0.15, 0.2) is 18.5 Å². The summed E-state index contributed by atoms with van der Waals surface area (Å²) in [7, 11) is 0. The summed E-state index contributed by atoms with van der Waals surface area (Å²) < 4.78 is 0. The molecule has 0 saturated carbocycles. The Balaban J connectivity index is 1.66. The molecule has 24 heavy (non-hydrogen) atoms. The van der Waals surface area contributed by atoms with E-state index in [1.807, 2.05) is 17.1 Å². The summed E-state index contributed by atoms with van der Waals surface area (Å²) in [6.07, 6.45) is 9.84. The van der Waals surface area contributed by atoms with Crippen molar-refractivity contribution in [3.05, 3.63) is 29.9 Å². The van der Waals surface area contributed by atoms with Crippen LogP contribution in [0.4, 0.5) is 0 Å². The minimum absolute atomic E-state index is 0.0189. The summed E-state index contributed by atoms with van der Waals surface area (Å²) in [5, 5.41) is 2.99. The second-order valence-corrected chi connectivity index (χ2v) is 6.64. The van der Waals surface area contributed by atoms with Gasteiger partial charge in [-0.3, -0.25) is 9.59 Å². The second kappa shape index (κ2) is 7.64.